The molecule has 0 saturated heterocycles. The molecule has 0 fully saturated rings. The van der Waals surface area contributed by atoms with Crippen molar-refractivity contribution in [2.45, 2.75) is 24.8 Å². The van der Waals surface area contributed by atoms with Crippen molar-refractivity contribution in [1.82, 2.24) is 10.6 Å². The predicted octanol–water partition coefficient (Wildman–Crippen LogP) is 2.09. The Morgan fingerprint density at radius 1 is 1.00 bits per heavy atom. The van der Waals surface area contributed by atoms with Gasteiger partial charge in [-0.2, -0.15) is 0 Å². The van der Waals surface area contributed by atoms with Crippen LogP contribution in [0.2, 0.25) is 0 Å². The normalized spacial score (nSPS) is 12.0. The number of nitrogens with zero attached hydrogens (tertiary/aromatic N) is 1. The SMILES string of the molecule is CCNC(=NCc1ccc(O)cc1)NCCc1ccc(S(C)(=O)=O)cc1. The molecule has 0 aliphatic heterocycles. The van der Waals surface area contributed by atoms with Gasteiger partial charge in [0.15, 0.2) is 15.8 Å². The van der Waals surface area contributed by atoms with E-state index in [0.717, 1.165) is 24.1 Å². The molecule has 2 aromatic rings. The van der Waals surface area contributed by atoms with Crippen LogP contribution in [-0.2, 0) is 22.8 Å². The second-order valence-electron chi connectivity index (χ2n) is 5.95. The second-order valence-corrected chi connectivity index (χ2v) is 7.97. The third-order valence-corrected chi connectivity index (χ3v) is 4.89. The van der Waals surface area contributed by atoms with Crippen LogP contribution in [0, 0.1) is 0 Å². The molecule has 0 bridgehead atoms. The van der Waals surface area contributed by atoms with Crippen molar-refractivity contribution < 1.29 is 13.5 Å². The van der Waals surface area contributed by atoms with Crippen LogP contribution >= 0.6 is 0 Å². The molecular formula is C19H25N3O3S. The Hall–Kier alpha value is -2.54. The van der Waals surface area contributed by atoms with Crippen molar-refractivity contribution in [2.75, 3.05) is 19.3 Å². The van der Waals surface area contributed by atoms with Crippen molar-refractivity contribution in [2.24, 2.45) is 4.99 Å². The minimum atomic E-state index is -3.16. The van der Waals surface area contributed by atoms with E-state index >= 15 is 0 Å². The number of phenols is 1. The average molecular weight is 375 g/mol. The summed E-state index contributed by atoms with van der Waals surface area (Å²) in [6, 6.07) is 13.9. The predicted molar refractivity (Wildman–Crippen MR) is 104 cm³/mol. The van der Waals surface area contributed by atoms with Crippen molar-refractivity contribution in [3.05, 3.63) is 59.7 Å². The van der Waals surface area contributed by atoms with Crippen LogP contribution in [0.25, 0.3) is 0 Å². The Labute approximate surface area is 154 Å². The van der Waals surface area contributed by atoms with Gasteiger partial charge in [-0.3, -0.25) is 0 Å². The molecule has 0 aliphatic carbocycles. The highest BCUT2D eigenvalue weighted by Crippen LogP contribution is 2.11. The van der Waals surface area contributed by atoms with E-state index in [1.165, 1.54) is 6.26 Å². The van der Waals surface area contributed by atoms with Crippen LogP contribution < -0.4 is 10.6 Å². The Balaban J connectivity index is 1.89. The molecule has 2 aromatic carbocycles. The minimum Gasteiger partial charge on any atom is -0.508 e. The van der Waals surface area contributed by atoms with Crippen molar-refractivity contribution in [3.63, 3.8) is 0 Å². The monoisotopic (exact) mass is 375 g/mol. The van der Waals surface area contributed by atoms with Crippen molar-refractivity contribution in [1.29, 1.82) is 0 Å². The van der Waals surface area contributed by atoms with Gasteiger partial charge in [-0.25, -0.2) is 13.4 Å². The standard InChI is InChI=1S/C19H25N3O3S/c1-3-20-19(22-14-16-4-8-17(23)9-5-16)21-13-12-15-6-10-18(11-7-15)26(2,24)25/h4-11,23H,3,12-14H2,1-2H3,(H2,20,21,22). The van der Waals surface area contributed by atoms with E-state index in [1.807, 2.05) is 31.2 Å². The summed E-state index contributed by atoms with van der Waals surface area (Å²) in [6.07, 6.45) is 1.96. The zero-order valence-corrected chi connectivity index (χ0v) is 15.9. The number of nitrogens with one attached hydrogen (secondary N) is 2. The third kappa shape index (κ3) is 6.40. The van der Waals surface area contributed by atoms with Crippen LogP contribution in [0.4, 0.5) is 0 Å². The molecule has 0 radical (unpaired) electrons. The van der Waals surface area contributed by atoms with Crippen LogP contribution in [0.3, 0.4) is 0 Å². The quantitative estimate of drug-likeness (QED) is 0.509. The summed E-state index contributed by atoms with van der Waals surface area (Å²) in [5.74, 6) is 0.956. The lowest BCUT2D eigenvalue weighted by molar-refractivity contribution is 0.475. The molecule has 0 aromatic heterocycles. The molecule has 0 heterocycles. The highest BCUT2D eigenvalue weighted by Gasteiger charge is 2.06. The molecule has 0 spiro atoms. The number of aromatic hydroxyl groups is 1. The number of hydrogen-bond acceptors (Lipinski definition) is 4. The highest BCUT2D eigenvalue weighted by molar-refractivity contribution is 7.90. The summed E-state index contributed by atoms with van der Waals surface area (Å²) >= 11 is 0. The van der Waals surface area contributed by atoms with Crippen LogP contribution in [-0.4, -0.2) is 38.8 Å². The Bertz CT molecular complexity index is 829. The number of rotatable bonds is 7. The van der Waals surface area contributed by atoms with Gasteiger partial charge in [-0.15, -0.1) is 0 Å². The van der Waals surface area contributed by atoms with Gasteiger partial charge in [0.2, 0.25) is 0 Å². The molecule has 3 N–H and O–H groups in total. The maximum absolute atomic E-state index is 11.5. The second kappa shape index (κ2) is 9.24. The zero-order chi connectivity index (χ0) is 19.0. The molecule has 0 atom stereocenters. The number of phenolic OH excluding ortho intramolecular Hbond substituents is 1. The fourth-order valence-corrected chi connectivity index (χ4v) is 2.97. The fourth-order valence-electron chi connectivity index (χ4n) is 2.34. The maximum atomic E-state index is 11.5. The summed E-state index contributed by atoms with van der Waals surface area (Å²) in [6.45, 7) is 3.95. The van der Waals surface area contributed by atoms with Crippen molar-refractivity contribution >= 4 is 15.8 Å². The number of aliphatic imine (C=N–C) groups is 1. The van der Waals surface area contributed by atoms with Crippen molar-refractivity contribution in [3.8, 4) is 5.75 Å². The molecule has 0 saturated carbocycles. The first kappa shape index (κ1) is 19.8. The van der Waals surface area contributed by atoms with Gasteiger partial charge in [0.25, 0.3) is 0 Å². The zero-order valence-electron chi connectivity index (χ0n) is 15.1. The van der Waals surface area contributed by atoms with E-state index in [9.17, 15) is 13.5 Å². The molecule has 0 unspecified atom stereocenters. The summed E-state index contributed by atoms with van der Waals surface area (Å²) in [5, 5.41) is 15.8. The number of sulfone groups is 1. The molecule has 140 valence electrons. The molecule has 0 aliphatic rings. The fraction of sp³-hybridized carbons (Fsp3) is 0.316. The van der Waals surface area contributed by atoms with E-state index in [1.54, 1.807) is 24.3 Å². The van der Waals surface area contributed by atoms with E-state index in [4.69, 9.17) is 0 Å². The van der Waals surface area contributed by atoms with Crippen LogP contribution in [0.5, 0.6) is 5.75 Å². The van der Waals surface area contributed by atoms with Gasteiger partial charge < -0.3 is 15.7 Å². The molecule has 0 amide bonds. The molecular weight excluding hydrogens is 350 g/mol. The topological polar surface area (TPSA) is 90.8 Å². The lowest BCUT2D eigenvalue weighted by Crippen LogP contribution is -2.38. The van der Waals surface area contributed by atoms with Gasteiger partial charge in [0.05, 0.1) is 11.4 Å². The number of benzene rings is 2. The van der Waals surface area contributed by atoms with Gasteiger partial charge in [-0.1, -0.05) is 24.3 Å². The minimum absolute atomic E-state index is 0.240. The number of hydrogen-bond donors (Lipinski definition) is 3. The Morgan fingerprint density at radius 3 is 2.19 bits per heavy atom. The largest absolute Gasteiger partial charge is 0.508 e. The van der Waals surface area contributed by atoms with Crippen LogP contribution in [0.1, 0.15) is 18.1 Å². The van der Waals surface area contributed by atoms with Gasteiger partial charge in [-0.05, 0) is 48.7 Å². The Morgan fingerprint density at radius 2 is 1.62 bits per heavy atom. The van der Waals surface area contributed by atoms with Crippen LogP contribution in [0.15, 0.2) is 58.4 Å². The van der Waals surface area contributed by atoms with Gasteiger partial charge in [0.1, 0.15) is 5.75 Å². The van der Waals surface area contributed by atoms with E-state index in [-0.39, 0.29) is 5.75 Å². The smallest absolute Gasteiger partial charge is 0.191 e. The molecule has 26 heavy (non-hydrogen) atoms. The molecule has 7 heteroatoms. The third-order valence-electron chi connectivity index (χ3n) is 3.76. The summed E-state index contributed by atoms with van der Waals surface area (Å²) in [5.41, 5.74) is 2.07. The summed E-state index contributed by atoms with van der Waals surface area (Å²) in [7, 11) is -3.16. The van der Waals surface area contributed by atoms with Gasteiger partial charge in [0, 0.05) is 19.3 Å². The first-order valence-corrected chi connectivity index (χ1v) is 10.4. The van der Waals surface area contributed by atoms with E-state index in [2.05, 4.69) is 15.6 Å². The Kier molecular flexibility index (Phi) is 7.03. The lowest BCUT2D eigenvalue weighted by Gasteiger charge is -2.11. The average Bonchev–Trinajstić information content (AvgIpc) is 2.61. The summed E-state index contributed by atoms with van der Waals surface area (Å²) < 4.78 is 23.0. The van der Waals surface area contributed by atoms with E-state index < -0.39 is 9.84 Å². The lowest BCUT2D eigenvalue weighted by atomic mass is 10.1. The summed E-state index contributed by atoms with van der Waals surface area (Å²) in [4.78, 5) is 4.86. The highest BCUT2D eigenvalue weighted by atomic mass is 32.2. The maximum Gasteiger partial charge on any atom is 0.191 e. The van der Waals surface area contributed by atoms with Gasteiger partial charge >= 0.3 is 0 Å². The first-order valence-electron chi connectivity index (χ1n) is 8.47. The molecule has 2 rings (SSSR count). The molecule has 6 nitrogen and oxygen atoms in total. The first-order chi connectivity index (χ1) is 12.4. The van der Waals surface area contributed by atoms with E-state index in [0.29, 0.717) is 23.9 Å². The number of guanidine groups is 1.